The van der Waals surface area contributed by atoms with Gasteiger partial charge in [-0.2, -0.15) is 0 Å². The molecule has 0 radical (unpaired) electrons. The van der Waals surface area contributed by atoms with E-state index in [0.29, 0.717) is 12.7 Å². The summed E-state index contributed by atoms with van der Waals surface area (Å²) in [6.07, 6.45) is 1.45. The molecule has 1 atom stereocenters. The van der Waals surface area contributed by atoms with Crippen molar-refractivity contribution in [1.29, 1.82) is 0 Å². The van der Waals surface area contributed by atoms with Crippen LogP contribution in [0.25, 0.3) is 0 Å². The summed E-state index contributed by atoms with van der Waals surface area (Å²) in [5.74, 6) is 0. The molecule has 0 fully saturated rings. The van der Waals surface area contributed by atoms with E-state index in [9.17, 15) is 0 Å². The highest BCUT2D eigenvalue weighted by Gasteiger charge is 2.05. The molecule has 0 saturated carbocycles. The van der Waals surface area contributed by atoms with Gasteiger partial charge in [-0.25, -0.2) is 0 Å². The van der Waals surface area contributed by atoms with Crippen LogP contribution in [0.15, 0.2) is 30.3 Å². The lowest BCUT2D eigenvalue weighted by molar-refractivity contribution is 0.0560. The van der Waals surface area contributed by atoms with Crippen LogP contribution in [0.1, 0.15) is 12.0 Å². The molecular formula is C11H14BrIO. The van der Waals surface area contributed by atoms with Crippen LogP contribution in [0.5, 0.6) is 0 Å². The first kappa shape index (κ1) is 12.5. The third-order valence-corrected chi connectivity index (χ3v) is 3.28. The van der Waals surface area contributed by atoms with Crippen LogP contribution in [0.3, 0.4) is 0 Å². The molecule has 14 heavy (non-hydrogen) atoms. The van der Waals surface area contributed by atoms with Crippen molar-refractivity contribution in [2.75, 3.05) is 9.76 Å². The van der Waals surface area contributed by atoms with Gasteiger partial charge in [-0.3, -0.25) is 0 Å². The average molecular weight is 369 g/mol. The maximum absolute atomic E-state index is 5.77. The quantitative estimate of drug-likeness (QED) is 0.548. The highest BCUT2D eigenvalue weighted by molar-refractivity contribution is 14.1. The molecule has 0 aliphatic rings. The molecule has 0 saturated heterocycles. The predicted octanol–water partition coefficient (Wildman–Crippen LogP) is 3.79. The standard InChI is InChI=1S/C11H14BrIO/c12-8-11(6-7-13)14-9-10-4-2-1-3-5-10/h1-5,11H,6-9H2. The van der Waals surface area contributed by atoms with Crippen molar-refractivity contribution in [3.05, 3.63) is 35.9 Å². The smallest absolute Gasteiger partial charge is 0.0721 e. The fraction of sp³-hybridized carbons (Fsp3) is 0.455. The van der Waals surface area contributed by atoms with Crippen molar-refractivity contribution in [1.82, 2.24) is 0 Å². The Labute approximate surface area is 107 Å². The average Bonchev–Trinajstić information content (AvgIpc) is 2.25. The second-order valence-corrected chi connectivity index (χ2v) is 4.78. The molecule has 78 valence electrons. The summed E-state index contributed by atoms with van der Waals surface area (Å²) in [4.78, 5) is 0. The van der Waals surface area contributed by atoms with Gasteiger partial charge >= 0.3 is 0 Å². The van der Waals surface area contributed by atoms with E-state index in [4.69, 9.17) is 4.74 Å². The van der Waals surface area contributed by atoms with E-state index in [1.54, 1.807) is 0 Å². The molecule has 0 amide bonds. The first-order valence-corrected chi connectivity index (χ1v) is 7.29. The molecule has 0 N–H and O–H groups in total. The van der Waals surface area contributed by atoms with Gasteiger partial charge in [0, 0.05) is 9.76 Å². The van der Waals surface area contributed by atoms with Crippen molar-refractivity contribution in [2.24, 2.45) is 0 Å². The van der Waals surface area contributed by atoms with Crippen LogP contribution in [0, 0.1) is 0 Å². The number of halogens is 2. The van der Waals surface area contributed by atoms with E-state index in [1.807, 2.05) is 18.2 Å². The van der Waals surface area contributed by atoms with Gasteiger partial charge in [0.05, 0.1) is 12.7 Å². The van der Waals surface area contributed by atoms with Crippen molar-refractivity contribution >= 4 is 38.5 Å². The summed E-state index contributed by atoms with van der Waals surface area (Å²) in [7, 11) is 0. The first-order chi connectivity index (χ1) is 6.86. The van der Waals surface area contributed by atoms with Crippen molar-refractivity contribution in [2.45, 2.75) is 19.1 Å². The number of ether oxygens (including phenoxy) is 1. The number of hydrogen-bond donors (Lipinski definition) is 0. The molecule has 1 unspecified atom stereocenters. The van der Waals surface area contributed by atoms with Gasteiger partial charge in [-0.05, 0) is 12.0 Å². The van der Waals surface area contributed by atoms with Gasteiger partial charge in [0.15, 0.2) is 0 Å². The summed E-state index contributed by atoms with van der Waals surface area (Å²) in [5.41, 5.74) is 1.24. The molecule has 0 spiro atoms. The molecule has 0 aliphatic heterocycles. The Kier molecular flexibility index (Phi) is 6.81. The van der Waals surface area contributed by atoms with Crippen LogP contribution in [-0.4, -0.2) is 15.9 Å². The number of hydrogen-bond acceptors (Lipinski definition) is 1. The minimum absolute atomic E-state index is 0.340. The lowest BCUT2D eigenvalue weighted by Gasteiger charge is -2.13. The van der Waals surface area contributed by atoms with Crippen LogP contribution in [0.4, 0.5) is 0 Å². The highest BCUT2D eigenvalue weighted by Crippen LogP contribution is 2.09. The molecule has 1 aromatic carbocycles. The Morgan fingerprint density at radius 1 is 1.29 bits per heavy atom. The zero-order chi connectivity index (χ0) is 10.2. The van der Waals surface area contributed by atoms with E-state index in [1.165, 1.54) is 5.56 Å². The first-order valence-electron chi connectivity index (χ1n) is 4.64. The highest BCUT2D eigenvalue weighted by atomic mass is 127. The van der Waals surface area contributed by atoms with E-state index in [-0.39, 0.29) is 0 Å². The Morgan fingerprint density at radius 3 is 2.57 bits per heavy atom. The van der Waals surface area contributed by atoms with Gasteiger partial charge < -0.3 is 4.74 Å². The SMILES string of the molecule is BrCC(CCI)OCc1ccccc1. The third kappa shape index (κ3) is 4.75. The minimum Gasteiger partial charge on any atom is -0.373 e. The maximum Gasteiger partial charge on any atom is 0.0721 e. The summed E-state index contributed by atoms with van der Waals surface area (Å²) >= 11 is 5.84. The van der Waals surface area contributed by atoms with Gasteiger partial charge in [0.2, 0.25) is 0 Å². The topological polar surface area (TPSA) is 9.23 Å². The second kappa shape index (κ2) is 7.65. The van der Waals surface area contributed by atoms with Gasteiger partial charge in [0.25, 0.3) is 0 Å². The lowest BCUT2D eigenvalue weighted by Crippen LogP contribution is -2.14. The van der Waals surface area contributed by atoms with Crippen molar-refractivity contribution < 1.29 is 4.74 Å². The fourth-order valence-corrected chi connectivity index (χ4v) is 2.32. The summed E-state index contributed by atoms with van der Waals surface area (Å²) in [5, 5.41) is 0.919. The molecule has 0 aliphatic carbocycles. The minimum atomic E-state index is 0.340. The van der Waals surface area contributed by atoms with Crippen LogP contribution < -0.4 is 0 Å². The molecule has 3 heteroatoms. The largest absolute Gasteiger partial charge is 0.373 e. The maximum atomic E-state index is 5.77. The van der Waals surface area contributed by atoms with Crippen LogP contribution >= 0.6 is 38.5 Å². The Hall–Kier alpha value is 0.390. The number of alkyl halides is 2. The Balaban J connectivity index is 2.32. The normalized spacial score (nSPS) is 12.7. The molecule has 0 aromatic heterocycles. The Morgan fingerprint density at radius 2 is 2.00 bits per heavy atom. The fourth-order valence-electron chi connectivity index (χ4n) is 1.12. The molecule has 1 nitrogen and oxygen atoms in total. The molecule has 1 aromatic rings. The zero-order valence-corrected chi connectivity index (χ0v) is 11.7. The molecular weight excluding hydrogens is 355 g/mol. The number of rotatable bonds is 6. The lowest BCUT2D eigenvalue weighted by atomic mass is 10.2. The van der Waals surface area contributed by atoms with Crippen LogP contribution in [0.2, 0.25) is 0 Å². The Bertz CT molecular complexity index is 240. The zero-order valence-electron chi connectivity index (χ0n) is 7.96. The number of benzene rings is 1. The molecule has 0 bridgehead atoms. The summed E-state index contributed by atoms with van der Waals surface area (Å²) < 4.78 is 6.91. The third-order valence-electron chi connectivity index (χ3n) is 1.93. The van der Waals surface area contributed by atoms with E-state index in [2.05, 4.69) is 50.7 Å². The van der Waals surface area contributed by atoms with Gasteiger partial charge in [-0.15, -0.1) is 0 Å². The summed E-state index contributed by atoms with van der Waals surface area (Å²) in [6.45, 7) is 0.716. The van der Waals surface area contributed by atoms with E-state index < -0.39 is 0 Å². The molecule has 0 heterocycles. The van der Waals surface area contributed by atoms with E-state index >= 15 is 0 Å². The van der Waals surface area contributed by atoms with Crippen molar-refractivity contribution in [3.63, 3.8) is 0 Å². The monoisotopic (exact) mass is 368 g/mol. The summed E-state index contributed by atoms with van der Waals surface area (Å²) in [6, 6.07) is 10.3. The van der Waals surface area contributed by atoms with Crippen molar-refractivity contribution in [3.8, 4) is 0 Å². The molecule has 1 rings (SSSR count). The predicted molar refractivity (Wildman–Crippen MR) is 72.3 cm³/mol. The second-order valence-electron chi connectivity index (χ2n) is 3.05. The van der Waals surface area contributed by atoms with Gasteiger partial charge in [0.1, 0.15) is 0 Å². The van der Waals surface area contributed by atoms with Crippen LogP contribution in [-0.2, 0) is 11.3 Å². The van der Waals surface area contributed by atoms with Gasteiger partial charge in [-0.1, -0.05) is 68.9 Å². The van der Waals surface area contributed by atoms with E-state index in [0.717, 1.165) is 16.2 Å².